The molecule has 47 heavy (non-hydrogen) atoms. The molecule has 2 aliphatic heterocycles. The normalized spacial score (nSPS) is 18.4. The van der Waals surface area contributed by atoms with Crippen LogP contribution in [0.4, 0.5) is 0 Å². The first-order valence-corrected chi connectivity index (χ1v) is 16.9. The lowest BCUT2D eigenvalue weighted by molar-refractivity contribution is -0.141. The van der Waals surface area contributed by atoms with Crippen molar-refractivity contribution in [1.82, 2.24) is 15.5 Å². The summed E-state index contributed by atoms with van der Waals surface area (Å²) < 4.78 is 5.87. The average molecular weight is 657 g/mol. The number of amides is 2. The molecular weight excluding hydrogens is 612 g/mol. The molecule has 0 radical (unpaired) electrons. The largest absolute Gasteiger partial charge is 0.491 e. The molecule has 3 N–H and O–H groups in total. The summed E-state index contributed by atoms with van der Waals surface area (Å²) in [7, 11) is 0. The molecule has 2 aromatic carbocycles. The van der Waals surface area contributed by atoms with Crippen LogP contribution < -0.4 is 15.4 Å². The number of nitrogens with one attached hydrogen (secondary N) is 2. The number of likely N-dealkylation sites (tertiary alicyclic amines) is 1. The van der Waals surface area contributed by atoms with Gasteiger partial charge in [0.1, 0.15) is 18.0 Å². The molecule has 0 saturated carbocycles. The Hall–Kier alpha value is -4.44. The molecule has 3 aromatic rings. The van der Waals surface area contributed by atoms with Crippen LogP contribution in [0.3, 0.4) is 0 Å². The summed E-state index contributed by atoms with van der Waals surface area (Å²) in [6.45, 7) is 12.8. The average Bonchev–Trinajstić information content (AvgIpc) is 3.73. The van der Waals surface area contributed by atoms with Crippen LogP contribution in [0.15, 0.2) is 65.8 Å². The maximum Gasteiger partial charge on any atom is 0.308 e. The highest BCUT2D eigenvalue weighted by molar-refractivity contribution is 7.14. The van der Waals surface area contributed by atoms with Gasteiger partial charge in [0.2, 0.25) is 5.91 Å². The first kappa shape index (κ1) is 33.9. The number of carboxylic acids is 1. The van der Waals surface area contributed by atoms with E-state index in [2.05, 4.69) is 37.5 Å². The van der Waals surface area contributed by atoms with Crippen molar-refractivity contribution in [3.8, 4) is 5.75 Å². The van der Waals surface area contributed by atoms with E-state index in [4.69, 9.17) is 9.73 Å². The SMILES string of the molecule is Cc1cc(C2=CNC(c3ccc(C[C@H](NC(=O)c4ccc(C(C)(C)C)s4)C(=O)N4CC[C@H](C(=O)O)C4)cc3)N=C2)ccc1OC(C)C. The maximum absolute atomic E-state index is 13.7. The van der Waals surface area contributed by atoms with Gasteiger partial charge in [0, 0.05) is 42.4 Å². The molecule has 248 valence electrons. The van der Waals surface area contributed by atoms with Crippen LogP contribution in [0.1, 0.15) is 84.0 Å². The van der Waals surface area contributed by atoms with Gasteiger partial charge in [0.05, 0.1) is 16.9 Å². The van der Waals surface area contributed by atoms with Crippen LogP contribution in [0.25, 0.3) is 5.57 Å². The number of nitrogens with zero attached hydrogens (tertiary/aromatic N) is 2. The third-order valence-electron chi connectivity index (χ3n) is 8.39. The Morgan fingerprint density at radius 3 is 2.43 bits per heavy atom. The molecule has 2 aliphatic rings. The van der Waals surface area contributed by atoms with Crippen molar-refractivity contribution in [3.63, 3.8) is 0 Å². The standard InChI is InChI=1S/C37H44N4O5S/c1-22(2)46-30-12-11-26(17-23(30)3)28-19-38-33(39-20-28)25-9-7-24(8-10-25)18-29(35(43)41-16-15-27(21-41)36(44)45)40-34(42)31-13-14-32(47-31)37(4,5)6/h7-14,17,19-20,22,27,29,33,38H,15-16,18,21H2,1-6H3,(H,40,42)(H,44,45)/t27-,29-,33?/m0/s1. The van der Waals surface area contributed by atoms with Crippen LogP contribution in [0, 0.1) is 12.8 Å². The Kier molecular flexibility index (Phi) is 10.2. The number of aryl methyl sites for hydroxylation is 1. The van der Waals surface area contributed by atoms with Gasteiger partial charge in [0.25, 0.3) is 5.91 Å². The van der Waals surface area contributed by atoms with Gasteiger partial charge in [-0.05, 0) is 79.1 Å². The number of benzene rings is 2. The summed E-state index contributed by atoms with van der Waals surface area (Å²) >= 11 is 1.42. The summed E-state index contributed by atoms with van der Waals surface area (Å²) in [5, 5.41) is 15.8. The molecule has 1 fully saturated rings. The Labute approximate surface area is 280 Å². The third kappa shape index (κ3) is 8.29. The number of hydrogen-bond acceptors (Lipinski definition) is 7. The van der Waals surface area contributed by atoms with E-state index in [-0.39, 0.29) is 42.5 Å². The van der Waals surface area contributed by atoms with E-state index in [1.165, 1.54) is 11.3 Å². The number of thiophene rings is 1. The van der Waals surface area contributed by atoms with Gasteiger partial charge < -0.3 is 25.4 Å². The van der Waals surface area contributed by atoms with Crippen molar-refractivity contribution >= 4 is 40.9 Å². The van der Waals surface area contributed by atoms with E-state index < -0.39 is 17.9 Å². The van der Waals surface area contributed by atoms with Gasteiger partial charge in [-0.15, -0.1) is 11.3 Å². The Morgan fingerprint density at radius 2 is 1.85 bits per heavy atom. The molecule has 3 heterocycles. The van der Waals surface area contributed by atoms with E-state index in [0.717, 1.165) is 38.5 Å². The second-order valence-electron chi connectivity index (χ2n) is 13.6. The molecule has 3 atom stereocenters. The zero-order valence-electron chi connectivity index (χ0n) is 27.9. The van der Waals surface area contributed by atoms with Gasteiger partial charge in [-0.3, -0.25) is 19.4 Å². The molecule has 5 rings (SSSR count). The zero-order chi connectivity index (χ0) is 33.9. The number of ether oxygens (including phenoxy) is 1. The van der Waals surface area contributed by atoms with E-state index >= 15 is 0 Å². The minimum atomic E-state index is -0.907. The molecule has 1 aromatic heterocycles. The molecule has 2 amide bonds. The summed E-state index contributed by atoms with van der Waals surface area (Å²) in [5.41, 5.74) is 4.82. The number of aliphatic carboxylic acids is 1. The summed E-state index contributed by atoms with van der Waals surface area (Å²) in [5.74, 6) is -1.21. The number of allylic oxidation sites excluding steroid dienone is 1. The first-order valence-electron chi connectivity index (χ1n) is 16.1. The quantitative estimate of drug-likeness (QED) is 0.242. The van der Waals surface area contributed by atoms with Crippen molar-refractivity contribution < 1.29 is 24.2 Å². The van der Waals surface area contributed by atoms with Crippen molar-refractivity contribution in [1.29, 1.82) is 0 Å². The van der Waals surface area contributed by atoms with Crippen molar-refractivity contribution in [2.75, 3.05) is 13.1 Å². The maximum atomic E-state index is 13.7. The predicted molar refractivity (Wildman–Crippen MR) is 186 cm³/mol. The number of carbonyl (C=O) groups is 3. The fraction of sp³-hybridized carbons (Fsp3) is 0.405. The minimum Gasteiger partial charge on any atom is -0.491 e. The second-order valence-corrected chi connectivity index (χ2v) is 14.7. The highest BCUT2D eigenvalue weighted by Gasteiger charge is 2.35. The van der Waals surface area contributed by atoms with Gasteiger partial charge in [-0.1, -0.05) is 51.1 Å². The Bertz CT molecular complexity index is 1690. The van der Waals surface area contributed by atoms with Gasteiger partial charge in [0.15, 0.2) is 0 Å². The first-order chi connectivity index (χ1) is 22.3. The number of rotatable bonds is 10. The molecule has 1 saturated heterocycles. The van der Waals surface area contributed by atoms with Crippen LogP contribution >= 0.6 is 11.3 Å². The molecule has 0 aliphatic carbocycles. The molecular formula is C37H44N4O5S. The second kappa shape index (κ2) is 14.1. The monoisotopic (exact) mass is 656 g/mol. The summed E-state index contributed by atoms with van der Waals surface area (Å²) in [6.07, 6.45) is 4.36. The van der Waals surface area contributed by atoms with E-state index in [9.17, 15) is 19.5 Å². The van der Waals surface area contributed by atoms with Gasteiger partial charge in [-0.25, -0.2) is 0 Å². The fourth-order valence-electron chi connectivity index (χ4n) is 5.71. The lowest BCUT2D eigenvalue weighted by Gasteiger charge is -2.25. The number of carboxylic acid groups (broad SMARTS) is 1. The zero-order valence-corrected chi connectivity index (χ0v) is 28.7. The highest BCUT2D eigenvalue weighted by Crippen LogP contribution is 2.30. The van der Waals surface area contributed by atoms with Crippen LogP contribution in [-0.2, 0) is 21.4 Å². The highest BCUT2D eigenvalue weighted by atomic mass is 32.1. The van der Waals surface area contributed by atoms with Crippen LogP contribution in [0.2, 0.25) is 0 Å². The van der Waals surface area contributed by atoms with Crippen molar-refractivity contribution in [3.05, 3.63) is 92.8 Å². The van der Waals surface area contributed by atoms with Crippen LogP contribution in [0.5, 0.6) is 5.75 Å². The lowest BCUT2D eigenvalue weighted by Crippen LogP contribution is -2.49. The summed E-state index contributed by atoms with van der Waals surface area (Å²) in [4.78, 5) is 46.5. The molecule has 10 heteroatoms. The lowest BCUT2D eigenvalue weighted by atomic mass is 9.95. The number of hydrogen-bond donors (Lipinski definition) is 3. The van der Waals surface area contributed by atoms with Gasteiger partial charge >= 0.3 is 5.97 Å². The molecule has 1 unspecified atom stereocenters. The van der Waals surface area contributed by atoms with E-state index in [0.29, 0.717) is 17.8 Å². The molecule has 9 nitrogen and oxygen atoms in total. The topological polar surface area (TPSA) is 120 Å². The smallest absolute Gasteiger partial charge is 0.308 e. The molecule has 0 bridgehead atoms. The Balaban J connectivity index is 1.27. The van der Waals surface area contributed by atoms with E-state index in [1.54, 1.807) is 11.0 Å². The fourth-order valence-corrected chi connectivity index (χ4v) is 6.67. The molecule has 0 spiro atoms. The van der Waals surface area contributed by atoms with E-state index in [1.807, 2.05) is 75.7 Å². The van der Waals surface area contributed by atoms with Crippen LogP contribution in [-0.4, -0.2) is 59.2 Å². The Morgan fingerprint density at radius 1 is 1.11 bits per heavy atom. The number of carbonyl (C=O) groups excluding carboxylic acids is 2. The van der Waals surface area contributed by atoms with Gasteiger partial charge in [-0.2, -0.15) is 0 Å². The minimum absolute atomic E-state index is 0.0938. The predicted octanol–water partition coefficient (Wildman–Crippen LogP) is 6.13. The van der Waals surface area contributed by atoms with Crippen molar-refractivity contribution in [2.24, 2.45) is 10.9 Å². The number of aliphatic imine (C=N–C) groups is 1. The van der Waals surface area contributed by atoms with Crippen molar-refractivity contribution in [2.45, 2.75) is 78.1 Å². The third-order valence-corrected chi connectivity index (χ3v) is 9.90. The summed E-state index contributed by atoms with van der Waals surface area (Å²) in [6, 6.07) is 16.9.